The standard InChI is InChI=1S/C23H20N2O/c1-23(2)14-7-5-11-18-20(14)21-16(9-6-12-19(21)26-18)25-13-24(3)17-10-4-8-15(23)22(17)25/h4-12H,13H2,1-3H3. The molecule has 0 aliphatic carbocycles. The zero-order valence-electron chi connectivity index (χ0n) is 15.2. The molecule has 4 aromatic rings. The summed E-state index contributed by atoms with van der Waals surface area (Å²) in [6, 6.07) is 19.6. The highest BCUT2D eigenvalue weighted by atomic mass is 16.3. The normalized spacial score (nSPS) is 17.0. The highest BCUT2D eigenvalue weighted by Gasteiger charge is 2.38. The molecule has 0 amide bonds. The van der Waals surface area contributed by atoms with Gasteiger partial charge in [0.25, 0.3) is 0 Å². The van der Waals surface area contributed by atoms with Gasteiger partial charge in [-0.2, -0.15) is 0 Å². The Morgan fingerprint density at radius 2 is 1.46 bits per heavy atom. The van der Waals surface area contributed by atoms with Crippen molar-refractivity contribution in [3.8, 4) is 0 Å². The van der Waals surface area contributed by atoms with Crippen LogP contribution in [0.25, 0.3) is 21.9 Å². The number of para-hydroxylation sites is 1. The molecule has 0 bridgehead atoms. The average Bonchev–Trinajstić information content (AvgIpc) is 3.18. The molecule has 1 aromatic heterocycles. The zero-order valence-corrected chi connectivity index (χ0v) is 15.2. The highest BCUT2D eigenvalue weighted by Crippen LogP contribution is 2.54. The van der Waals surface area contributed by atoms with Crippen LogP contribution >= 0.6 is 0 Å². The third-order valence-electron chi connectivity index (χ3n) is 6.19. The summed E-state index contributed by atoms with van der Waals surface area (Å²) in [7, 11) is 2.17. The second-order valence-electron chi connectivity index (χ2n) is 8.00. The van der Waals surface area contributed by atoms with Gasteiger partial charge in [-0.15, -0.1) is 0 Å². The summed E-state index contributed by atoms with van der Waals surface area (Å²) < 4.78 is 6.25. The van der Waals surface area contributed by atoms with Crippen LogP contribution in [0.3, 0.4) is 0 Å². The van der Waals surface area contributed by atoms with Crippen LogP contribution in [0.5, 0.6) is 0 Å². The summed E-state index contributed by atoms with van der Waals surface area (Å²) >= 11 is 0. The molecule has 6 rings (SSSR count). The predicted octanol–water partition coefficient (Wildman–Crippen LogP) is 5.77. The highest BCUT2D eigenvalue weighted by molar-refractivity contribution is 6.15. The molecular formula is C23H20N2O. The number of anilines is 3. The Kier molecular flexibility index (Phi) is 2.42. The van der Waals surface area contributed by atoms with Crippen LogP contribution in [0.15, 0.2) is 59.0 Å². The summed E-state index contributed by atoms with van der Waals surface area (Å²) in [4.78, 5) is 4.79. The van der Waals surface area contributed by atoms with Gasteiger partial charge in [0.1, 0.15) is 11.2 Å². The monoisotopic (exact) mass is 340 g/mol. The number of furan rings is 1. The fourth-order valence-electron chi connectivity index (χ4n) is 4.92. The minimum absolute atomic E-state index is 0.112. The Labute approximate surface area is 152 Å². The first kappa shape index (κ1) is 14.3. The number of nitrogens with zero attached hydrogens (tertiary/aromatic N) is 2. The largest absolute Gasteiger partial charge is 0.456 e. The minimum atomic E-state index is -0.112. The van der Waals surface area contributed by atoms with E-state index in [-0.39, 0.29) is 5.41 Å². The van der Waals surface area contributed by atoms with E-state index in [0.717, 1.165) is 17.8 Å². The smallest absolute Gasteiger partial charge is 0.137 e. The Morgan fingerprint density at radius 3 is 2.31 bits per heavy atom. The third kappa shape index (κ3) is 1.50. The Morgan fingerprint density at radius 1 is 0.808 bits per heavy atom. The van der Waals surface area contributed by atoms with Crippen molar-refractivity contribution in [2.45, 2.75) is 19.3 Å². The van der Waals surface area contributed by atoms with E-state index in [1.165, 1.54) is 39.0 Å². The molecule has 0 saturated carbocycles. The van der Waals surface area contributed by atoms with Crippen LogP contribution in [-0.4, -0.2) is 13.7 Å². The Balaban J connectivity index is 1.90. The molecule has 0 saturated heterocycles. The van der Waals surface area contributed by atoms with Gasteiger partial charge >= 0.3 is 0 Å². The first-order valence-corrected chi connectivity index (χ1v) is 9.14. The first-order valence-electron chi connectivity index (χ1n) is 9.14. The molecule has 0 radical (unpaired) electrons. The lowest BCUT2D eigenvalue weighted by Crippen LogP contribution is -2.27. The molecule has 0 unspecified atom stereocenters. The van der Waals surface area contributed by atoms with Gasteiger partial charge in [-0.25, -0.2) is 0 Å². The first-order chi connectivity index (χ1) is 12.6. The van der Waals surface area contributed by atoms with Gasteiger partial charge in [-0.05, 0) is 35.4 Å². The van der Waals surface area contributed by atoms with Crippen LogP contribution in [0.1, 0.15) is 25.0 Å². The molecule has 128 valence electrons. The molecule has 2 aliphatic rings. The van der Waals surface area contributed by atoms with Crippen molar-refractivity contribution >= 4 is 39.0 Å². The molecule has 3 nitrogen and oxygen atoms in total. The van der Waals surface area contributed by atoms with Crippen molar-refractivity contribution in [3.63, 3.8) is 0 Å². The average molecular weight is 340 g/mol. The topological polar surface area (TPSA) is 19.6 Å². The number of benzene rings is 3. The molecule has 3 heterocycles. The van der Waals surface area contributed by atoms with Crippen molar-refractivity contribution in [2.75, 3.05) is 23.5 Å². The van der Waals surface area contributed by atoms with Crippen LogP contribution in [0.2, 0.25) is 0 Å². The van der Waals surface area contributed by atoms with Gasteiger partial charge in [0.2, 0.25) is 0 Å². The van der Waals surface area contributed by atoms with Gasteiger partial charge in [-0.1, -0.05) is 44.2 Å². The van der Waals surface area contributed by atoms with E-state index in [9.17, 15) is 0 Å². The second-order valence-corrected chi connectivity index (χ2v) is 8.00. The fourth-order valence-corrected chi connectivity index (χ4v) is 4.92. The summed E-state index contributed by atoms with van der Waals surface area (Å²) in [5.74, 6) is 0. The van der Waals surface area contributed by atoms with Crippen molar-refractivity contribution in [1.29, 1.82) is 0 Å². The molecular weight excluding hydrogens is 320 g/mol. The quantitative estimate of drug-likeness (QED) is 0.405. The van der Waals surface area contributed by atoms with E-state index < -0.39 is 0 Å². The number of fused-ring (bicyclic) bond motifs is 1. The van der Waals surface area contributed by atoms with Crippen molar-refractivity contribution < 1.29 is 4.42 Å². The van der Waals surface area contributed by atoms with E-state index >= 15 is 0 Å². The summed E-state index contributed by atoms with van der Waals surface area (Å²) in [6.07, 6.45) is 0. The van der Waals surface area contributed by atoms with E-state index in [1.807, 2.05) is 0 Å². The van der Waals surface area contributed by atoms with Crippen molar-refractivity contribution in [1.82, 2.24) is 0 Å². The van der Waals surface area contributed by atoms with Gasteiger partial charge in [0.05, 0.1) is 29.1 Å². The summed E-state index contributed by atoms with van der Waals surface area (Å²) in [5.41, 5.74) is 8.41. The van der Waals surface area contributed by atoms with Crippen LogP contribution in [-0.2, 0) is 5.41 Å². The SMILES string of the molecule is CN1CN2c3c1cccc3C(C)(C)c1cccc3oc4cccc2c4c13. The van der Waals surface area contributed by atoms with Crippen molar-refractivity contribution in [3.05, 3.63) is 65.7 Å². The van der Waals surface area contributed by atoms with Crippen LogP contribution in [0.4, 0.5) is 17.1 Å². The maximum Gasteiger partial charge on any atom is 0.137 e. The van der Waals surface area contributed by atoms with E-state index in [1.54, 1.807) is 0 Å². The van der Waals surface area contributed by atoms with Gasteiger partial charge in [0.15, 0.2) is 0 Å². The van der Waals surface area contributed by atoms with Gasteiger partial charge < -0.3 is 14.2 Å². The Hall–Kier alpha value is -2.94. The van der Waals surface area contributed by atoms with Gasteiger partial charge in [0, 0.05) is 17.8 Å². The predicted molar refractivity (Wildman–Crippen MR) is 108 cm³/mol. The lowest BCUT2D eigenvalue weighted by molar-refractivity contribution is 0.643. The van der Waals surface area contributed by atoms with E-state index in [4.69, 9.17) is 4.42 Å². The molecule has 0 atom stereocenters. The summed E-state index contributed by atoms with van der Waals surface area (Å²) in [5, 5.41) is 2.50. The van der Waals surface area contributed by atoms with Gasteiger partial charge in [-0.3, -0.25) is 0 Å². The molecule has 0 spiro atoms. The number of rotatable bonds is 0. The lowest BCUT2D eigenvalue weighted by atomic mass is 9.74. The number of hydrogen-bond acceptors (Lipinski definition) is 3. The molecule has 3 aromatic carbocycles. The maximum absolute atomic E-state index is 6.25. The fraction of sp³-hybridized carbons (Fsp3) is 0.217. The minimum Gasteiger partial charge on any atom is -0.456 e. The van der Waals surface area contributed by atoms with Crippen molar-refractivity contribution in [2.24, 2.45) is 0 Å². The molecule has 2 aliphatic heterocycles. The maximum atomic E-state index is 6.25. The lowest BCUT2D eigenvalue weighted by Gasteiger charge is -2.34. The van der Waals surface area contributed by atoms with Crippen LogP contribution in [0, 0.1) is 0 Å². The van der Waals surface area contributed by atoms with E-state index in [2.05, 4.69) is 85.3 Å². The van der Waals surface area contributed by atoms with Crippen LogP contribution < -0.4 is 9.80 Å². The molecule has 0 fully saturated rings. The zero-order chi connectivity index (χ0) is 17.6. The Bertz CT molecular complexity index is 1220. The molecule has 26 heavy (non-hydrogen) atoms. The molecule has 0 N–H and O–H groups in total. The third-order valence-corrected chi connectivity index (χ3v) is 6.19. The second kappa shape index (κ2) is 4.42. The molecule has 3 heteroatoms. The summed E-state index contributed by atoms with van der Waals surface area (Å²) in [6.45, 7) is 5.53. The number of hydrogen-bond donors (Lipinski definition) is 0. The van der Waals surface area contributed by atoms with E-state index in [0.29, 0.717) is 0 Å².